The van der Waals surface area contributed by atoms with E-state index in [1.54, 1.807) is 0 Å². The Labute approximate surface area is 120 Å². The number of hydrogen-bond acceptors (Lipinski definition) is 2. The number of imide groups is 1. The average Bonchev–Trinajstić information content (AvgIpc) is 2.45. The number of nitrogens with one attached hydrogen (secondary N) is 3. The smallest absolute Gasteiger partial charge is 0.321 e. The predicted octanol–water partition coefficient (Wildman–Crippen LogP) is 0.327. The van der Waals surface area contributed by atoms with Crippen molar-refractivity contribution in [1.29, 1.82) is 0 Å². The Morgan fingerprint density at radius 3 is 2.45 bits per heavy atom. The summed E-state index contributed by atoms with van der Waals surface area (Å²) in [5, 5.41) is 4.98. The van der Waals surface area contributed by atoms with Crippen molar-refractivity contribution in [1.82, 2.24) is 10.6 Å². The molecule has 110 valence electrons. The minimum absolute atomic E-state index is 0.244. The molecule has 1 atom stereocenters. The Bertz CT molecular complexity index is 420. The molecule has 1 aromatic rings. The van der Waals surface area contributed by atoms with E-state index in [0.717, 1.165) is 24.4 Å². The molecule has 0 aliphatic rings. The third kappa shape index (κ3) is 6.33. The molecule has 0 saturated carbocycles. The van der Waals surface area contributed by atoms with E-state index in [0.29, 0.717) is 13.1 Å². The molecule has 0 saturated heterocycles. The Morgan fingerprint density at radius 2 is 1.85 bits per heavy atom. The van der Waals surface area contributed by atoms with Crippen molar-refractivity contribution in [2.75, 3.05) is 19.6 Å². The maximum absolute atomic E-state index is 11.8. The van der Waals surface area contributed by atoms with E-state index >= 15 is 0 Å². The van der Waals surface area contributed by atoms with Crippen LogP contribution in [-0.4, -0.2) is 31.6 Å². The van der Waals surface area contributed by atoms with Gasteiger partial charge in [0.25, 0.3) is 5.91 Å². The molecular formula is C15H24N3O2+. The number of quaternary nitrogens is 1. The quantitative estimate of drug-likeness (QED) is 0.673. The molecule has 0 aliphatic heterocycles. The number of urea groups is 1. The van der Waals surface area contributed by atoms with Crippen LogP contribution in [-0.2, 0) is 11.3 Å². The number of likely N-dealkylation sites (N-methyl/N-ethyl adjacent to an activating group) is 1. The first-order chi connectivity index (χ1) is 9.65. The van der Waals surface area contributed by atoms with Gasteiger partial charge in [0.15, 0.2) is 6.54 Å². The molecule has 5 nitrogen and oxygen atoms in total. The van der Waals surface area contributed by atoms with Crippen LogP contribution in [0, 0.1) is 0 Å². The number of hydrogen-bond donors (Lipinski definition) is 3. The summed E-state index contributed by atoms with van der Waals surface area (Å²) in [6.45, 7) is 6.48. The number of carbonyl (C=O) groups excluding carboxylic acids is 2. The van der Waals surface area contributed by atoms with Crippen LogP contribution < -0.4 is 15.5 Å². The van der Waals surface area contributed by atoms with Gasteiger partial charge in [0.1, 0.15) is 6.54 Å². The summed E-state index contributed by atoms with van der Waals surface area (Å²) < 4.78 is 0. The summed E-state index contributed by atoms with van der Waals surface area (Å²) >= 11 is 0. The summed E-state index contributed by atoms with van der Waals surface area (Å²) in [6, 6.07) is 9.62. The van der Waals surface area contributed by atoms with E-state index in [9.17, 15) is 9.59 Å². The van der Waals surface area contributed by atoms with E-state index in [2.05, 4.69) is 10.6 Å². The van der Waals surface area contributed by atoms with Gasteiger partial charge >= 0.3 is 6.03 Å². The maximum atomic E-state index is 11.8. The Morgan fingerprint density at radius 1 is 1.15 bits per heavy atom. The van der Waals surface area contributed by atoms with E-state index in [4.69, 9.17) is 0 Å². The van der Waals surface area contributed by atoms with E-state index in [1.807, 2.05) is 44.2 Å². The highest BCUT2D eigenvalue weighted by Crippen LogP contribution is 1.94. The van der Waals surface area contributed by atoms with Gasteiger partial charge in [0.05, 0.1) is 6.54 Å². The van der Waals surface area contributed by atoms with Crippen LogP contribution in [0.4, 0.5) is 4.79 Å². The molecule has 1 unspecified atom stereocenters. The minimum Gasteiger partial charge on any atom is -0.338 e. The standard InChI is InChI=1S/C15H23N3O2/c1-3-10-16-15(20)17-14(19)12-18(4-2)11-13-8-6-5-7-9-13/h5-9H,3-4,10-12H2,1-2H3,(H2,16,17,19,20)/p+1. The number of amides is 3. The Hall–Kier alpha value is -1.88. The molecule has 0 bridgehead atoms. The van der Waals surface area contributed by atoms with Crippen molar-refractivity contribution in [2.45, 2.75) is 26.8 Å². The molecule has 3 N–H and O–H groups in total. The van der Waals surface area contributed by atoms with Crippen molar-refractivity contribution in [3.05, 3.63) is 35.9 Å². The number of carbonyl (C=O) groups is 2. The molecule has 1 aromatic carbocycles. The average molecular weight is 278 g/mol. The first-order valence-corrected chi connectivity index (χ1v) is 7.10. The van der Waals surface area contributed by atoms with Gasteiger partial charge in [-0.15, -0.1) is 0 Å². The zero-order valence-electron chi connectivity index (χ0n) is 12.2. The SMILES string of the molecule is CCCNC(=O)NC(=O)C[NH+](CC)Cc1ccccc1. The lowest BCUT2D eigenvalue weighted by Crippen LogP contribution is -3.11. The van der Waals surface area contributed by atoms with Gasteiger partial charge in [-0.2, -0.15) is 0 Å². The molecule has 0 fully saturated rings. The molecule has 0 aromatic heterocycles. The van der Waals surface area contributed by atoms with Crippen molar-refractivity contribution in [2.24, 2.45) is 0 Å². The molecular weight excluding hydrogens is 254 g/mol. The van der Waals surface area contributed by atoms with Crippen LogP contribution in [0.25, 0.3) is 0 Å². The Kier molecular flexibility index (Phi) is 7.35. The van der Waals surface area contributed by atoms with Gasteiger partial charge < -0.3 is 10.2 Å². The first-order valence-electron chi connectivity index (χ1n) is 7.10. The van der Waals surface area contributed by atoms with Crippen LogP contribution in [0.5, 0.6) is 0 Å². The molecule has 0 heterocycles. The lowest BCUT2D eigenvalue weighted by molar-refractivity contribution is -0.904. The monoisotopic (exact) mass is 278 g/mol. The molecule has 1 rings (SSSR count). The van der Waals surface area contributed by atoms with E-state index in [-0.39, 0.29) is 5.91 Å². The van der Waals surface area contributed by atoms with E-state index < -0.39 is 6.03 Å². The van der Waals surface area contributed by atoms with Gasteiger partial charge in [0.2, 0.25) is 0 Å². The lowest BCUT2D eigenvalue weighted by atomic mass is 10.2. The summed E-state index contributed by atoms with van der Waals surface area (Å²) in [4.78, 5) is 24.3. The fourth-order valence-electron chi connectivity index (χ4n) is 1.88. The summed E-state index contributed by atoms with van der Waals surface area (Å²) in [6.07, 6.45) is 0.849. The van der Waals surface area contributed by atoms with Crippen LogP contribution >= 0.6 is 0 Å². The van der Waals surface area contributed by atoms with Gasteiger partial charge in [-0.1, -0.05) is 37.3 Å². The predicted molar refractivity (Wildman–Crippen MR) is 78.3 cm³/mol. The van der Waals surface area contributed by atoms with Crippen LogP contribution in [0.2, 0.25) is 0 Å². The first kappa shape index (κ1) is 16.2. The molecule has 3 amide bonds. The zero-order valence-corrected chi connectivity index (χ0v) is 12.2. The third-order valence-electron chi connectivity index (χ3n) is 3.00. The highest BCUT2D eigenvalue weighted by Gasteiger charge is 2.15. The van der Waals surface area contributed by atoms with Gasteiger partial charge in [-0.25, -0.2) is 4.79 Å². The van der Waals surface area contributed by atoms with Crippen molar-refractivity contribution in [3.8, 4) is 0 Å². The van der Waals surface area contributed by atoms with Crippen molar-refractivity contribution in [3.63, 3.8) is 0 Å². The normalized spacial score (nSPS) is 11.7. The van der Waals surface area contributed by atoms with Gasteiger partial charge in [-0.3, -0.25) is 10.1 Å². The highest BCUT2D eigenvalue weighted by molar-refractivity contribution is 5.94. The fourth-order valence-corrected chi connectivity index (χ4v) is 1.88. The second kappa shape index (κ2) is 9.09. The van der Waals surface area contributed by atoms with Crippen LogP contribution in [0.1, 0.15) is 25.8 Å². The van der Waals surface area contributed by atoms with E-state index in [1.165, 1.54) is 5.56 Å². The highest BCUT2D eigenvalue weighted by atomic mass is 16.2. The second-order valence-electron chi connectivity index (χ2n) is 4.75. The van der Waals surface area contributed by atoms with Crippen LogP contribution in [0.15, 0.2) is 30.3 Å². The molecule has 0 aliphatic carbocycles. The van der Waals surface area contributed by atoms with Crippen LogP contribution in [0.3, 0.4) is 0 Å². The summed E-state index contributed by atoms with van der Waals surface area (Å²) in [7, 11) is 0. The van der Waals surface area contributed by atoms with Gasteiger partial charge in [0, 0.05) is 12.1 Å². The summed E-state index contributed by atoms with van der Waals surface area (Å²) in [5.74, 6) is -0.244. The minimum atomic E-state index is -0.410. The van der Waals surface area contributed by atoms with Crippen molar-refractivity contribution < 1.29 is 14.5 Å². The van der Waals surface area contributed by atoms with Crippen molar-refractivity contribution >= 4 is 11.9 Å². The summed E-state index contributed by atoms with van der Waals surface area (Å²) in [5.41, 5.74) is 1.19. The Balaban J connectivity index is 2.39. The molecule has 0 radical (unpaired) electrons. The second-order valence-corrected chi connectivity index (χ2v) is 4.75. The maximum Gasteiger partial charge on any atom is 0.321 e. The van der Waals surface area contributed by atoms with Gasteiger partial charge in [-0.05, 0) is 13.3 Å². The molecule has 20 heavy (non-hydrogen) atoms. The largest absolute Gasteiger partial charge is 0.338 e. The zero-order chi connectivity index (χ0) is 14.8. The lowest BCUT2D eigenvalue weighted by Gasteiger charge is -2.17. The number of benzene rings is 1. The third-order valence-corrected chi connectivity index (χ3v) is 3.00. The fraction of sp³-hybridized carbons (Fsp3) is 0.467. The topological polar surface area (TPSA) is 62.6 Å². The molecule has 5 heteroatoms. The molecule has 0 spiro atoms. The number of rotatable bonds is 7.